The van der Waals surface area contributed by atoms with Crippen molar-refractivity contribution in [2.75, 3.05) is 19.0 Å². The van der Waals surface area contributed by atoms with Crippen molar-refractivity contribution < 1.29 is 9.53 Å². The Hall–Kier alpha value is -1.57. The minimum atomic E-state index is -0.416. The summed E-state index contributed by atoms with van der Waals surface area (Å²) in [4.78, 5) is 14.3. The maximum Gasteiger partial charge on any atom is 0.254 e. The van der Waals surface area contributed by atoms with Crippen molar-refractivity contribution in [3.8, 4) is 6.07 Å². The first-order chi connectivity index (χ1) is 9.45. The summed E-state index contributed by atoms with van der Waals surface area (Å²) in [6.45, 7) is 4.87. The van der Waals surface area contributed by atoms with Crippen molar-refractivity contribution in [2.45, 2.75) is 25.6 Å². The van der Waals surface area contributed by atoms with E-state index < -0.39 is 5.60 Å². The van der Waals surface area contributed by atoms with Gasteiger partial charge in [0.2, 0.25) is 0 Å². The van der Waals surface area contributed by atoms with Gasteiger partial charge >= 0.3 is 0 Å². The van der Waals surface area contributed by atoms with Gasteiger partial charge in [-0.25, -0.2) is 0 Å². The van der Waals surface area contributed by atoms with E-state index >= 15 is 0 Å². The second-order valence-corrected chi connectivity index (χ2v) is 5.84. The number of ether oxygens (including phenoxy) is 1. The molecule has 0 N–H and O–H groups in total. The minimum Gasteiger partial charge on any atom is -0.367 e. The van der Waals surface area contributed by atoms with Crippen molar-refractivity contribution in [3.05, 3.63) is 35.4 Å². The van der Waals surface area contributed by atoms with Gasteiger partial charge in [-0.1, -0.05) is 6.07 Å². The number of carbonyl (C=O) groups excluding carboxylic acids is 1. The van der Waals surface area contributed by atoms with Crippen molar-refractivity contribution in [1.29, 1.82) is 5.26 Å². The molecule has 2 rings (SSSR count). The van der Waals surface area contributed by atoms with Crippen LogP contribution in [0, 0.1) is 11.3 Å². The molecule has 0 bridgehead atoms. The van der Waals surface area contributed by atoms with Gasteiger partial charge in [0.25, 0.3) is 5.91 Å². The topological polar surface area (TPSA) is 53.3 Å². The Balaban J connectivity index is 2.21. The van der Waals surface area contributed by atoms with Gasteiger partial charge in [0.15, 0.2) is 0 Å². The number of nitrogens with zero attached hydrogens (tertiary/aromatic N) is 2. The molecule has 1 fully saturated rings. The number of alkyl halides is 1. The van der Waals surface area contributed by atoms with Crippen LogP contribution in [0.2, 0.25) is 0 Å². The molecule has 1 heterocycles. The normalized spacial score (nSPS) is 21.3. The van der Waals surface area contributed by atoms with Gasteiger partial charge in [-0.2, -0.15) is 5.26 Å². The summed E-state index contributed by atoms with van der Waals surface area (Å²) in [6.07, 6.45) is -0.163. The second-order valence-electron chi connectivity index (χ2n) is 5.53. The Bertz CT molecular complexity index is 551. The minimum absolute atomic E-state index is 0.0893. The molecule has 0 aromatic heterocycles. The van der Waals surface area contributed by atoms with Crippen LogP contribution >= 0.6 is 11.6 Å². The summed E-state index contributed by atoms with van der Waals surface area (Å²) in [5.74, 6) is 0.263. The Labute approximate surface area is 123 Å². The zero-order valence-corrected chi connectivity index (χ0v) is 12.4. The van der Waals surface area contributed by atoms with Crippen molar-refractivity contribution in [1.82, 2.24) is 4.90 Å². The van der Waals surface area contributed by atoms with Gasteiger partial charge in [0, 0.05) is 18.7 Å². The highest BCUT2D eigenvalue weighted by Gasteiger charge is 2.35. The molecule has 0 spiro atoms. The van der Waals surface area contributed by atoms with Crippen LogP contribution in [-0.4, -0.2) is 41.5 Å². The molecule has 1 aromatic rings. The van der Waals surface area contributed by atoms with Crippen LogP contribution in [0.15, 0.2) is 24.3 Å². The lowest BCUT2D eigenvalue weighted by Gasteiger charge is -2.42. The third-order valence-corrected chi connectivity index (χ3v) is 3.52. The highest BCUT2D eigenvalue weighted by molar-refractivity contribution is 6.18. The predicted octanol–water partition coefficient (Wildman–Crippen LogP) is 2.42. The molecule has 4 nitrogen and oxygen atoms in total. The summed E-state index contributed by atoms with van der Waals surface area (Å²) in [5.41, 5.74) is 0.590. The number of halogens is 1. The number of carbonyl (C=O) groups is 1. The lowest BCUT2D eigenvalue weighted by atomic mass is 10.0. The van der Waals surface area contributed by atoms with Gasteiger partial charge in [0.05, 0.1) is 29.2 Å². The number of hydrogen-bond donors (Lipinski definition) is 0. The Morgan fingerprint density at radius 1 is 1.60 bits per heavy atom. The molecule has 106 valence electrons. The van der Waals surface area contributed by atoms with E-state index in [1.165, 1.54) is 0 Å². The Morgan fingerprint density at radius 3 is 3.00 bits per heavy atom. The molecule has 1 atom stereocenters. The standard InChI is InChI=1S/C15H17ClN2O2/c1-15(2)10-18(9-13(7-16)20-15)14(19)12-5-3-4-11(6-12)8-17/h3-6,13H,7,9-10H2,1-2H3. The molecule has 1 aliphatic rings. The number of amides is 1. The van der Waals surface area contributed by atoms with Gasteiger partial charge in [-0.05, 0) is 32.0 Å². The molecule has 20 heavy (non-hydrogen) atoms. The number of benzene rings is 1. The quantitative estimate of drug-likeness (QED) is 0.787. The molecule has 0 aliphatic carbocycles. The average Bonchev–Trinajstić information content (AvgIpc) is 2.44. The monoisotopic (exact) mass is 292 g/mol. The zero-order valence-electron chi connectivity index (χ0n) is 11.6. The maximum atomic E-state index is 12.5. The lowest BCUT2D eigenvalue weighted by Crippen LogP contribution is -2.55. The summed E-state index contributed by atoms with van der Waals surface area (Å²) in [6, 6.07) is 8.78. The largest absolute Gasteiger partial charge is 0.367 e. The van der Waals surface area contributed by atoms with Crippen molar-refractivity contribution in [3.63, 3.8) is 0 Å². The molecular formula is C15H17ClN2O2. The molecule has 5 heteroatoms. The lowest BCUT2D eigenvalue weighted by molar-refractivity contribution is -0.117. The van der Waals surface area contributed by atoms with Crippen LogP contribution in [0.5, 0.6) is 0 Å². The maximum absolute atomic E-state index is 12.5. The first-order valence-electron chi connectivity index (χ1n) is 6.48. The van der Waals surface area contributed by atoms with E-state index in [0.29, 0.717) is 30.1 Å². The van der Waals surface area contributed by atoms with Crippen LogP contribution in [0.4, 0.5) is 0 Å². The molecule has 1 amide bonds. The van der Waals surface area contributed by atoms with Crippen LogP contribution in [-0.2, 0) is 4.74 Å². The fourth-order valence-corrected chi connectivity index (χ4v) is 2.60. The van der Waals surface area contributed by atoms with E-state index in [1.807, 2.05) is 19.9 Å². The Morgan fingerprint density at radius 2 is 2.35 bits per heavy atom. The molecule has 1 saturated heterocycles. The second kappa shape index (κ2) is 5.82. The van der Waals surface area contributed by atoms with Crippen LogP contribution in [0.25, 0.3) is 0 Å². The van der Waals surface area contributed by atoms with Gasteiger partial charge < -0.3 is 9.64 Å². The van der Waals surface area contributed by atoms with Gasteiger partial charge in [-0.15, -0.1) is 11.6 Å². The third kappa shape index (κ3) is 3.30. The summed E-state index contributed by atoms with van der Waals surface area (Å²) >= 11 is 5.87. The fraction of sp³-hybridized carbons (Fsp3) is 0.467. The predicted molar refractivity (Wildman–Crippen MR) is 76.7 cm³/mol. The third-order valence-electron chi connectivity index (χ3n) is 3.18. The molecular weight excluding hydrogens is 276 g/mol. The summed E-state index contributed by atoms with van der Waals surface area (Å²) in [7, 11) is 0. The first-order valence-corrected chi connectivity index (χ1v) is 7.02. The van der Waals surface area contributed by atoms with E-state index in [0.717, 1.165) is 0 Å². The van der Waals surface area contributed by atoms with Crippen molar-refractivity contribution in [2.24, 2.45) is 0 Å². The molecule has 1 unspecified atom stereocenters. The van der Waals surface area contributed by atoms with E-state index in [1.54, 1.807) is 29.2 Å². The van der Waals surface area contributed by atoms with E-state index in [-0.39, 0.29) is 12.0 Å². The number of hydrogen-bond acceptors (Lipinski definition) is 3. The van der Waals surface area contributed by atoms with Crippen LogP contribution in [0.3, 0.4) is 0 Å². The van der Waals surface area contributed by atoms with Crippen molar-refractivity contribution >= 4 is 17.5 Å². The SMILES string of the molecule is CC1(C)CN(C(=O)c2cccc(C#N)c2)CC(CCl)O1. The first kappa shape index (κ1) is 14.8. The number of rotatable bonds is 2. The molecule has 1 aliphatic heterocycles. The van der Waals surface area contributed by atoms with Gasteiger partial charge in [0.1, 0.15) is 0 Å². The number of nitriles is 1. The van der Waals surface area contributed by atoms with E-state index in [4.69, 9.17) is 21.6 Å². The van der Waals surface area contributed by atoms with Crippen LogP contribution < -0.4 is 0 Å². The van der Waals surface area contributed by atoms with Crippen LogP contribution in [0.1, 0.15) is 29.8 Å². The highest BCUT2D eigenvalue weighted by atomic mass is 35.5. The summed E-state index contributed by atoms with van der Waals surface area (Å²) in [5, 5.41) is 8.91. The fourth-order valence-electron chi connectivity index (χ4n) is 2.44. The zero-order chi connectivity index (χ0) is 14.8. The Kier molecular flexibility index (Phi) is 4.32. The van der Waals surface area contributed by atoms with E-state index in [9.17, 15) is 4.79 Å². The average molecular weight is 293 g/mol. The van der Waals surface area contributed by atoms with Gasteiger partial charge in [-0.3, -0.25) is 4.79 Å². The molecule has 0 radical (unpaired) electrons. The number of morpholine rings is 1. The molecule has 1 aromatic carbocycles. The summed E-state index contributed by atoms with van der Waals surface area (Å²) < 4.78 is 5.81. The smallest absolute Gasteiger partial charge is 0.254 e. The molecule has 0 saturated carbocycles. The highest BCUT2D eigenvalue weighted by Crippen LogP contribution is 2.23. The van der Waals surface area contributed by atoms with E-state index in [2.05, 4.69) is 0 Å².